The number of benzene rings is 2. The molecule has 0 aromatic heterocycles. The van der Waals surface area contributed by atoms with Crippen LogP contribution in [0.2, 0.25) is 0 Å². The van der Waals surface area contributed by atoms with Gasteiger partial charge in [0.25, 0.3) is 5.91 Å². The van der Waals surface area contributed by atoms with E-state index in [1.165, 1.54) is 17.4 Å². The lowest BCUT2D eigenvalue weighted by molar-refractivity contribution is -0.120. The number of thiocarbonyl (C=S) groups is 1. The molecule has 2 aliphatic rings. The third-order valence-electron chi connectivity index (χ3n) is 6.36. The zero-order valence-electron chi connectivity index (χ0n) is 18.7. The Morgan fingerprint density at radius 2 is 1.78 bits per heavy atom. The van der Waals surface area contributed by atoms with E-state index in [0.717, 1.165) is 31.5 Å². The fourth-order valence-electron chi connectivity index (χ4n) is 4.52. The number of likely N-dealkylation sites (tertiary alicyclic amines) is 1. The topological polar surface area (TPSA) is 31.2 Å². The van der Waals surface area contributed by atoms with Gasteiger partial charge < -0.3 is 4.90 Å². The minimum absolute atomic E-state index is 0.185. The molecular weight excluding hydrogens is 423 g/mol. The minimum atomic E-state index is -0.968. The number of nitrogens with zero attached hydrogens (tertiary/aromatic N) is 4. The number of halogens is 1. The number of hydrogen-bond donors (Lipinski definition) is 0. The Hall–Kier alpha value is -2.82. The Labute approximate surface area is 194 Å². The number of carbonyl (C=O) groups excluding carboxylic acids is 1. The molecule has 2 saturated heterocycles. The SMILES string of the molecule is [C-]#[N+]c1ccc(N2C(=O)C(C)(C)N(c3ccc(CN4CCCCC4)c(F)c3)C2=S)cc1C. The normalized spacial score (nSPS) is 18.8. The second kappa shape index (κ2) is 8.61. The molecule has 0 atom stereocenters. The van der Waals surface area contributed by atoms with Crippen molar-refractivity contribution in [2.24, 2.45) is 0 Å². The van der Waals surface area contributed by atoms with Gasteiger partial charge in [-0.05, 0) is 88.7 Å². The van der Waals surface area contributed by atoms with Crippen molar-refractivity contribution < 1.29 is 9.18 Å². The van der Waals surface area contributed by atoms with E-state index in [0.29, 0.717) is 34.3 Å². The molecule has 0 aliphatic carbocycles. The Morgan fingerprint density at radius 3 is 2.41 bits per heavy atom. The van der Waals surface area contributed by atoms with Crippen LogP contribution < -0.4 is 9.80 Å². The molecular formula is C25H27FN4OS. The molecule has 166 valence electrons. The molecule has 7 heteroatoms. The number of rotatable bonds is 4. The second-order valence-electron chi connectivity index (χ2n) is 9.01. The van der Waals surface area contributed by atoms with E-state index >= 15 is 4.39 Å². The maximum atomic E-state index is 15.1. The molecule has 5 nitrogen and oxygen atoms in total. The van der Waals surface area contributed by atoms with E-state index in [4.69, 9.17) is 18.8 Å². The van der Waals surface area contributed by atoms with Crippen LogP contribution in [0.15, 0.2) is 36.4 Å². The number of anilines is 2. The first-order chi connectivity index (χ1) is 15.2. The van der Waals surface area contributed by atoms with Gasteiger partial charge in [-0.2, -0.15) is 0 Å². The van der Waals surface area contributed by atoms with E-state index in [2.05, 4.69) is 9.74 Å². The number of piperidine rings is 1. The summed E-state index contributed by atoms with van der Waals surface area (Å²) < 4.78 is 15.1. The first kappa shape index (κ1) is 22.4. The molecule has 32 heavy (non-hydrogen) atoms. The maximum Gasteiger partial charge on any atom is 0.259 e. The smallest absolute Gasteiger partial charge is 0.259 e. The lowest BCUT2D eigenvalue weighted by Gasteiger charge is -2.30. The summed E-state index contributed by atoms with van der Waals surface area (Å²) in [5.41, 5.74) is 2.18. The third kappa shape index (κ3) is 3.89. The van der Waals surface area contributed by atoms with Gasteiger partial charge in [0.05, 0.1) is 6.57 Å². The maximum absolute atomic E-state index is 15.1. The number of aryl methyl sites for hydroxylation is 1. The van der Waals surface area contributed by atoms with Crippen molar-refractivity contribution in [3.8, 4) is 0 Å². The highest BCUT2D eigenvalue weighted by Crippen LogP contribution is 2.38. The summed E-state index contributed by atoms with van der Waals surface area (Å²) >= 11 is 5.70. The lowest BCUT2D eigenvalue weighted by Crippen LogP contribution is -2.44. The van der Waals surface area contributed by atoms with Crippen LogP contribution in [-0.4, -0.2) is 34.5 Å². The fourth-order valence-corrected chi connectivity index (χ4v) is 5.04. The first-order valence-corrected chi connectivity index (χ1v) is 11.3. The van der Waals surface area contributed by atoms with Gasteiger partial charge in [-0.15, -0.1) is 0 Å². The molecule has 0 saturated carbocycles. The summed E-state index contributed by atoms with van der Waals surface area (Å²) in [6.45, 7) is 15.3. The fraction of sp³-hybridized carbons (Fsp3) is 0.400. The summed E-state index contributed by atoms with van der Waals surface area (Å²) in [5.74, 6) is -0.468. The van der Waals surface area contributed by atoms with Crippen LogP contribution >= 0.6 is 12.2 Å². The highest BCUT2D eigenvalue weighted by atomic mass is 32.1. The third-order valence-corrected chi connectivity index (χ3v) is 6.73. The zero-order chi connectivity index (χ0) is 23.0. The van der Waals surface area contributed by atoms with Crippen LogP contribution in [0.1, 0.15) is 44.2 Å². The van der Waals surface area contributed by atoms with Gasteiger partial charge in [0.15, 0.2) is 10.8 Å². The molecule has 0 spiro atoms. The van der Waals surface area contributed by atoms with E-state index in [9.17, 15) is 4.79 Å². The first-order valence-electron chi connectivity index (χ1n) is 10.9. The van der Waals surface area contributed by atoms with Gasteiger partial charge in [0.2, 0.25) is 0 Å². The molecule has 2 heterocycles. The van der Waals surface area contributed by atoms with Gasteiger partial charge in [0.1, 0.15) is 11.4 Å². The molecule has 4 rings (SSSR count). The Bertz CT molecular complexity index is 1120. The minimum Gasteiger partial charge on any atom is -0.303 e. The van der Waals surface area contributed by atoms with Gasteiger partial charge >= 0.3 is 0 Å². The van der Waals surface area contributed by atoms with Gasteiger partial charge in [-0.25, -0.2) is 9.24 Å². The second-order valence-corrected chi connectivity index (χ2v) is 9.38. The molecule has 0 bridgehead atoms. The molecule has 0 radical (unpaired) electrons. The van der Waals surface area contributed by atoms with Gasteiger partial charge in [-0.1, -0.05) is 18.6 Å². The molecule has 2 aromatic rings. The number of amides is 1. The van der Waals surface area contributed by atoms with Crippen molar-refractivity contribution >= 4 is 40.3 Å². The Balaban J connectivity index is 1.64. The van der Waals surface area contributed by atoms with E-state index in [1.54, 1.807) is 43.0 Å². The Morgan fingerprint density at radius 1 is 1.09 bits per heavy atom. The van der Waals surface area contributed by atoms with Crippen molar-refractivity contribution in [1.29, 1.82) is 0 Å². The summed E-state index contributed by atoms with van der Waals surface area (Å²) in [4.78, 5) is 22.3. The molecule has 0 N–H and O–H groups in total. The van der Waals surface area contributed by atoms with E-state index < -0.39 is 5.54 Å². The summed E-state index contributed by atoms with van der Waals surface area (Å²) in [7, 11) is 0. The van der Waals surface area contributed by atoms with E-state index in [-0.39, 0.29) is 11.7 Å². The number of carbonyl (C=O) groups is 1. The summed E-state index contributed by atoms with van der Waals surface area (Å²) in [6.07, 6.45) is 3.55. The van der Waals surface area contributed by atoms with E-state index in [1.807, 2.05) is 13.0 Å². The van der Waals surface area contributed by atoms with Crippen LogP contribution in [-0.2, 0) is 11.3 Å². The number of hydrogen-bond acceptors (Lipinski definition) is 3. The van der Waals surface area contributed by atoms with Crippen molar-refractivity contribution in [2.75, 3.05) is 22.9 Å². The van der Waals surface area contributed by atoms with Crippen LogP contribution in [0.4, 0.5) is 21.5 Å². The summed E-state index contributed by atoms with van der Waals surface area (Å²) in [6, 6.07) is 10.3. The molecule has 2 aliphatic heterocycles. The van der Waals surface area contributed by atoms with Crippen molar-refractivity contribution in [2.45, 2.75) is 52.1 Å². The van der Waals surface area contributed by atoms with Crippen LogP contribution in [0.5, 0.6) is 0 Å². The van der Waals surface area contributed by atoms with Crippen LogP contribution in [0, 0.1) is 19.3 Å². The molecule has 0 unspecified atom stereocenters. The van der Waals surface area contributed by atoms with Crippen molar-refractivity contribution in [3.05, 3.63) is 64.8 Å². The molecule has 2 aromatic carbocycles. The van der Waals surface area contributed by atoms with Crippen LogP contribution in [0.3, 0.4) is 0 Å². The van der Waals surface area contributed by atoms with Crippen molar-refractivity contribution in [1.82, 2.24) is 4.90 Å². The standard InChI is InChI=1S/C25H27FN4OS/c1-17-14-19(10-11-22(17)27-4)29-23(31)25(2,3)30(24(29)32)20-9-8-18(21(26)15-20)16-28-12-6-5-7-13-28/h8-11,14-15H,5-7,12-13,16H2,1-3H3. The highest BCUT2D eigenvalue weighted by molar-refractivity contribution is 7.81. The average Bonchev–Trinajstić information content (AvgIpc) is 2.94. The largest absolute Gasteiger partial charge is 0.303 e. The van der Waals surface area contributed by atoms with Crippen LogP contribution in [0.25, 0.3) is 4.85 Å². The Kier molecular flexibility index (Phi) is 6.02. The predicted molar refractivity (Wildman–Crippen MR) is 130 cm³/mol. The zero-order valence-corrected chi connectivity index (χ0v) is 19.5. The highest BCUT2D eigenvalue weighted by Gasteiger charge is 2.50. The lowest BCUT2D eigenvalue weighted by atomic mass is 10.0. The predicted octanol–water partition coefficient (Wildman–Crippen LogP) is 5.59. The molecule has 2 fully saturated rings. The van der Waals surface area contributed by atoms with Gasteiger partial charge in [-0.3, -0.25) is 14.6 Å². The van der Waals surface area contributed by atoms with Gasteiger partial charge in [0, 0.05) is 23.5 Å². The van der Waals surface area contributed by atoms with Crippen molar-refractivity contribution in [3.63, 3.8) is 0 Å². The molecule has 1 amide bonds. The average molecular weight is 451 g/mol. The quantitative estimate of drug-likeness (QED) is 0.449. The monoisotopic (exact) mass is 450 g/mol. The summed E-state index contributed by atoms with van der Waals surface area (Å²) in [5, 5.41) is 0.304.